The number of rotatable bonds is 9. The Morgan fingerprint density at radius 1 is 1.22 bits per heavy atom. The van der Waals surface area contributed by atoms with Crippen molar-refractivity contribution in [1.82, 2.24) is 15.3 Å². The molecular formula is C22H30N4O4S2. The summed E-state index contributed by atoms with van der Waals surface area (Å²) >= 11 is 9.39. The zero-order chi connectivity index (χ0) is 23.5. The standard InChI is InChI=1S/C22H30N4O4S2/c1-4-6-12-24-26-20(28)22(32,10-7-11-23)25(19(27)21(26,3)31)16(5-2)15-8-9-17-18(13-15)30-14-29-17/h8-9,13,16,24,31-32H,4-7,10,12,14H2,1-3H3/t16?,21-,22-/m0/s1. The second-order valence-corrected chi connectivity index (χ2v) is 9.72. The zero-order valence-electron chi connectivity index (χ0n) is 18.6. The number of amides is 2. The van der Waals surface area contributed by atoms with Crippen molar-refractivity contribution in [3.63, 3.8) is 0 Å². The number of ether oxygens (including phenoxy) is 2. The normalized spacial score (nSPS) is 25.8. The van der Waals surface area contributed by atoms with Crippen LogP contribution in [0.5, 0.6) is 11.5 Å². The van der Waals surface area contributed by atoms with Gasteiger partial charge in [-0.15, -0.1) is 25.3 Å². The Morgan fingerprint density at radius 2 is 1.94 bits per heavy atom. The van der Waals surface area contributed by atoms with Gasteiger partial charge in [0, 0.05) is 19.4 Å². The van der Waals surface area contributed by atoms with Crippen molar-refractivity contribution >= 4 is 37.1 Å². The molecule has 1 unspecified atom stereocenters. The van der Waals surface area contributed by atoms with E-state index in [0.29, 0.717) is 24.5 Å². The van der Waals surface area contributed by atoms with Crippen LogP contribution in [0.25, 0.3) is 0 Å². The summed E-state index contributed by atoms with van der Waals surface area (Å²) in [7, 11) is 0. The lowest BCUT2D eigenvalue weighted by Gasteiger charge is -2.55. The molecule has 2 amide bonds. The van der Waals surface area contributed by atoms with Gasteiger partial charge < -0.3 is 14.4 Å². The maximum atomic E-state index is 13.8. The van der Waals surface area contributed by atoms with Gasteiger partial charge >= 0.3 is 0 Å². The zero-order valence-corrected chi connectivity index (χ0v) is 20.4. The molecule has 0 spiro atoms. The monoisotopic (exact) mass is 478 g/mol. The Labute approximate surface area is 200 Å². The minimum atomic E-state index is -1.51. The molecule has 0 saturated carbocycles. The van der Waals surface area contributed by atoms with Crippen molar-refractivity contribution in [2.45, 2.75) is 68.7 Å². The summed E-state index contributed by atoms with van der Waals surface area (Å²) < 4.78 is 10.9. The molecule has 1 aromatic rings. The number of thiol groups is 2. The number of carbonyl (C=O) groups is 2. The van der Waals surface area contributed by atoms with Gasteiger partial charge in [0.1, 0.15) is 0 Å². The number of nitrogens with zero attached hydrogens (tertiary/aromatic N) is 3. The van der Waals surface area contributed by atoms with Crippen molar-refractivity contribution in [1.29, 1.82) is 5.26 Å². The highest BCUT2D eigenvalue weighted by molar-refractivity contribution is 7.83. The molecule has 3 rings (SSSR count). The van der Waals surface area contributed by atoms with Crippen molar-refractivity contribution < 1.29 is 19.1 Å². The van der Waals surface area contributed by atoms with E-state index in [0.717, 1.165) is 18.4 Å². The Hall–Kier alpha value is -2.09. The molecule has 1 saturated heterocycles. The van der Waals surface area contributed by atoms with E-state index >= 15 is 0 Å². The van der Waals surface area contributed by atoms with Gasteiger partial charge in [0.2, 0.25) is 6.79 Å². The summed E-state index contributed by atoms with van der Waals surface area (Å²) in [5.74, 6) is 0.469. The van der Waals surface area contributed by atoms with Gasteiger partial charge in [-0.05, 0) is 37.5 Å². The van der Waals surface area contributed by atoms with E-state index in [1.165, 1.54) is 9.91 Å². The van der Waals surface area contributed by atoms with Crippen LogP contribution in [-0.4, -0.2) is 44.8 Å². The van der Waals surface area contributed by atoms with Crippen LogP contribution < -0.4 is 14.9 Å². The molecule has 1 N–H and O–H groups in total. The van der Waals surface area contributed by atoms with Gasteiger partial charge in [-0.2, -0.15) is 5.26 Å². The number of hydrogen-bond acceptors (Lipinski definition) is 8. The molecular weight excluding hydrogens is 448 g/mol. The molecule has 3 atom stereocenters. The first kappa shape index (κ1) is 24.6. The summed E-state index contributed by atoms with van der Waals surface area (Å²) in [6.45, 7) is 6.24. The van der Waals surface area contributed by atoms with Crippen LogP contribution >= 0.6 is 25.3 Å². The summed E-state index contributed by atoms with van der Waals surface area (Å²) in [4.78, 5) is 26.2. The van der Waals surface area contributed by atoms with E-state index in [9.17, 15) is 14.9 Å². The van der Waals surface area contributed by atoms with Crippen LogP contribution in [0, 0.1) is 11.3 Å². The van der Waals surface area contributed by atoms with Gasteiger partial charge in [-0.1, -0.05) is 26.3 Å². The first-order valence-corrected chi connectivity index (χ1v) is 11.7. The highest BCUT2D eigenvalue weighted by Gasteiger charge is 2.60. The van der Waals surface area contributed by atoms with E-state index in [1.54, 1.807) is 13.0 Å². The Bertz CT molecular complexity index is 920. The topological polar surface area (TPSA) is 94.9 Å². The second kappa shape index (κ2) is 9.81. The third kappa shape index (κ3) is 4.26. The number of carbonyl (C=O) groups excluding carboxylic acids is 2. The largest absolute Gasteiger partial charge is 0.454 e. The summed E-state index contributed by atoms with van der Waals surface area (Å²) in [6.07, 6.45) is 2.45. The third-order valence-corrected chi connectivity index (χ3v) is 6.89. The molecule has 1 aromatic carbocycles. The maximum absolute atomic E-state index is 13.8. The van der Waals surface area contributed by atoms with Crippen LogP contribution in [0.15, 0.2) is 18.2 Å². The Balaban J connectivity index is 2.05. The number of benzene rings is 1. The number of hydrazine groups is 1. The lowest BCUT2D eigenvalue weighted by molar-refractivity contribution is -0.173. The molecule has 32 heavy (non-hydrogen) atoms. The molecule has 10 heteroatoms. The van der Waals surface area contributed by atoms with Crippen LogP contribution in [0.2, 0.25) is 0 Å². The molecule has 174 valence electrons. The van der Waals surface area contributed by atoms with Crippen LogP contribution in [0.3, 0.4) is 0 Å². The van der Waals surface area contributed by atoms with Gasteiger partial charge in [-0.3, -0.25) is 9.59 Å². The highest BCUT2D eigenvalue weighted by Crippen LogP contribution is 2.46. The predicted molar refractivity (Wildman–Crippen MR) is 126 cm³/mol. The van der Waals surface area contributed by atoms with E-state index in [4.69, 9.17) is 22.1 Å². The van der Waals surface area contributed by atoms with Crippen molar-refractivity contribution in [3.05, 3.63) is 23.8 Å². The summed E-state index contributed by atoms with van der Waals surface area (Å²) in [5.41, 5.74) is 3.86. The molecule has 2 aliphatic rings. The molecule has 1 fully saturated rings. The predicted octanol–water partition coefficient (Wildman–Crippen LogP) is 3.42. The van der Waals surface area contributed by atoms with Crippen molar-refractivity contribution in [2.24, 2.45) is 0 Å². The van der Waals surface area contributed by atoms with Crippen molar-refractivity contribution in [3.8, 4) is 17.6 Å². The average molecular weight is 479 g/mol. The molecule has 0 aromatic heterocycles. The van der Waals surface area contributed by atoms with Gasteiger partial charge in [-0.25, -0.2) is 10.4 Å². The average Bonchev–Trinajstić information content (AvgIpc) is 3.24. The van der Waals surface area contributed by atoms with Crippen LogP contribution in [-0.2, 0) is 9.59 Å². The first-order chi connectivity index (χ1) is 15.2. The smallest absolute Gasteiger partial charge is 0.274 e. The molecule has 0 aliphatic carbocycles. The fraction of sp³-hybridized carbons (Fsp3) is 0.591. The maximum Gasteiger partial charge on any atom is 0.274 e. The van der Waals surface area contributed by atoms with Gasteiger partial charge in [0.05, 0.1) is 12.1 Å². The molecule has 2 heterocycles. The first-order valence-electron chi connectivity index (χ1n) is 10.9. The van der Waals surface area contributed by atoms with Crippen molar-refractivity contribution in [2.75, 3.05) is 13.3 Å². The number of hydrogen-bond donors (Lipinski definition) is 3. The lowest BCUT2D eigenvalue weighted by atomic mass is 9.93. The number of nitriles is 1. The Morgan fingerprint density at radius 3 is 2.59 bits per heavy atom. The van der Waals surface area contributed by atoms with E-state index in [1.807, 2.05) is 26.0 Å². The number of nitrogens with one attached hydrogen (secondary N) is 1. The quantitative estimate of drug-likeness (QED) is 0.372. The summed E-state index contributed by atoms with van der Waals surface area (Å²) in [5, 5.41) is 10.5. The molecule has 0 radical (unpaired) electrons. The molecule has 0 bridgehead atoms. The number of piperazine rings is 1. The minimum Gasteiger partial charge on any atom is -0.454 e. The fourth-order valence-corrected chi connectivity index (χ4v) is 4.82. The van der Waals surface area contributed by atoms with Gasteiger partial charge in [0.15, 0.2) is 21.2 Å². The summed E-state index contributed by atoms with van der Waals surface area (Å²) in [6, 6.07) is 7.09. The highest BCUT2D eigenvalue weighted by atomic mass is 32.1. The SMILES string of the molecule is CCCCNN1C(=O)[C@@](S)(CCC#N)N(C(CC)c2ccc3c(c2)OCO3)C(=O)[C@]1(C)S. The molecule has 2 aliphatic heterocycles. The van der Waals surface area contributed by atoms with E-state index in [2.05, 4.69) is 24.1 Å². The lowest BCUT2D eigenvalue weighted by Crippen LogP contribution is -2.75. The Kier molecular flexibility index (Phi) is 7.53. The number of unbranched alkanes of at least 4 members (excludes halogenated alkanes) is 1. The molecule has 8 nitrogen and oxygen atoms in total. The third-order valence-electron chi connectivity index (χ3n) is 5.87. The minimum absolute atomic E-state index is 0.0721. The van der Waals surface area contributed by atoms with E-state index in [-0.39, 0.29) is 25.5 Å². The van der Waals surface area contributed by atoms with Crippen LogP contribution in [0.4, 0.5) is 0 Å². The second-order valence-electron chi connectivity index (χ2n) is 8.11. The van der Waals surface area contributed by atoms with Gasteiger partial charge in [0.25, 0.3) is 11.8 Å². The van der Waals surface area contributed by atoms with E-state index < -0.39 is 21.7 Å². The number of fused-ring (bicyclic) bond motifs is 1. The van der Waals surface area contributed by atoms with Crippen LogP contribution in [0.1, 0.15) is 64.5 Å². The fourth-order valence-electron chi connectivity index (χ4n) is 4.11.